The van der Waals surface area contributed by atoms with Gasteiger partial charge in [-0.05, 0) is 54.1 Å². The molecule has 0 unspecified atom stereocenters. The number of hydrogen-bond acceptors (Lipinski definition) is 4. The first-order chi connectivity index (χ1) is 40.7. The second kappa shape index (κ2) is 18.2. The van der Waals surface area contributed by atoms with Gasteiger partial charge in [-0.3, -0.25) is 9.13 Å². The fourth-order valence-electron chi connectivity index (χ4n) is 13.0. The molecule has 0 spiro atoms. The third-order valence-electron chi connectivity index (χ3n) is 16.4. The van der Waals surface area contributed by atoms with Crippen molar-refractivity contribution in [2.24, 2.45) is 0 Å². The van der Waals surface area contributed by atoms with E-state index in [0.29, 0.717) is 17.5 Å². The quantitative estimate of drug-likeness (QED) is 0.152. The molecule has 0 N–H and O–H groups in total. The fourth-order valence-corrected chi connectivity index (χ4v) is 13.0. The van der Waals surface area contributed by atoms with E-state index in [4.69, 9.17) is 19.9 Å². The van der Waals surface area contributed by atoms with Crippen LogP contribution in [0.1, 0.15) is 0 Å². The number of fused-ring (bicyclic) bond motifs is 12. The molecule has 0 atom stereocenters. The van der Waals surface area contributed by atoms with Gasteiger partial charge in [0.1, 0.15) is 11.5 Å². The molecule has 0 bridgehead atoms. The van der Waals surface area contributed by atoms with Crippen LogP contribution in [0, 0.1) is 0 Å². The van der Waals surface area contributed by atoms with E-state index in [-0.39, 0.29) is 0 Å². The zero-order chi connectivity index (χ0) is 53.8. The Morgan fingerprint density at radius 1 is 0.195 bits per heavy atom. The Hall–Kier alpha value is -11.2. The molecule has 382 valence electrons. The highest BCUT2D eigenvalue weighted by molar-refractivity contribution is 6.16. The number of pyridine rings is 1. The van der Waals surface area contributed by atoms with Crippen LogP contribution in [0.3, 0.4) is 0 Å². The molecule has 0 saturated carbocycles. The van der Waals surface area contributed by atoms with Crippen LogP contribution in [-0.2, 0) is 0 Å². The van der Waals surface area contributed by atoms with Gasteiger partial charge in [-0.25, -0.2) is 19.9 Å². The summed E-state index contributed by atoms with van der Waals surface area (Å²) in [6.45, 7) is 0. The van der Waals surface area contributed by atoms with Crippen molar-refractivity contribution in [3.05, 3.63) is 279 Å². The van der Waals surface area contributed by atoms with Crippen LogP contribution in [0.2, 0.25) is 0 Å². The van der Waals surface area contributed by atoms with Gasteiger partial charge in [-0.1, -0.05) is 231 Å². The van der Waals surface area contributed by atoms with E-state index >= 15 is 0 Å². The molecular weight excluding hydrogens is 1000 g/mol. The van der Waals surface area contributed by atoms with Crippen LogP contribution in [0.4, 0.5) is 0 Å². The minimum atomic E-state index is 0.537. The lowest BCUT2D eigenvalue weighted by atomic mass is 9.96. The molecule has 0 aliphatic rings. The van der Waals surface area contributed by atoms with Gasteiger partial charge in [0.2, 0.25) is 0 Å². The Bertz CT molecular complexity index is 5140. The summed E-state index contributed by atoms with van der Waals surface area (Å²) in [5.74, 6) is 3.20. The van der Waals surface area contributed by atoms with E-state index in [1.807, 2.05) is 36.4 Å². The van der Waals surface area contributed by atoms with Gasteiger partial charge in [0.15, 0.2) is 23.3 Å². The zero-order valence-electron chi connectivity index (χ0n) is 44.1. The van der Waals surface area contributed by atoms with Gasteiger partial charge >= 0.3 is 0 Å². The van der Waals surface area contributed by atoms with Crippen molar-refractivity contribution in [1.82, 2.24) is 38.2 Å². The standard InChI is InChI=1S/C74H46N8/c1-3-25-47(26-4-1)70-75-71(48-27-5-2-6-28-48)77-72(76-70)58-38-8-7-37-57(58)67-68(79-59-39-17-9-29-49(59)50-30-10-18-40-60(50)79)69(80-61-41-19-11-31-51(61)52-32-12-20-42-62(52)80)74(82-65-45-23-15-35-55(65)56-36-16-24-46-66(56)82)78-73(67)81-63-43-21-13-33-53(63)54-34-14-22-44-64(54)81/h1-46H. The largest absolute Gasteiger partial charge is 0.306 e. The molecule has 82 heavy (non-hydrogen) atoms. The van der Waals surface area contributed by atoms with Gasteiger partial charge in [0.05, 0.1) is 55.4 Å². The number of benzene rings is 11. The Balaban J connectivity index is 1.16. The number of para-hydroxylation sites is 8. The van der Waals surface area contributed by atoms with Crippen LogP contribution in [0.25, 0.3) is 156 Å². The molecule has 8 heteroatoms. The lowest BCUT2D eigenvalue weighted by Crippen LogP contribution is -2.16. The highest BCUT2D eigenvalue weighted by Gasteiger charge is 2.34. The van der Waals surface area contributed by atoms with Crippen molar-refractivity contribution >= 4 is 87.2 Å². The van der Waals surface area contributed by atoms with Gasteiger partial charge in [0.25, 0.3) is 0 Å². The fraction of sp³-hybridized carbons (Fsp3) is 0. The van der Waals surface area contributed by atoms with Gasteiger partial charge in [0, 0.05) is 59.8 Å². The molecule has 0 saturated heterocycles. The first-order valence-electron chi connectivity index (χ1n) is 27.7. The monoisotopic (exact) mass is 1050 g/mol. The van der Waals surface area contributed by atoms with Gasteiger partial charge in [-0.2, -0.15) is 0 Å². The second-order valence-electron chi connectivity index (χ2n) is 20.9. The lowest BCUT2D eigenvalue weighted by Gasteiger charge is -2.27. The second-order valence-corrected chi connectivity index (χ2v) is 20.9. The smallest absolute Gasteiger partial charge is 0.166 e. The highest BCUT2D eigenvalue weighted by atomic mass is 15.2. The summed E-state index contributed by atoms with van der Waals surface area (Å²) in [4.78, 5) is 22.6. The van der Waals surface area contributed by atoms with Crippen LogP contribution < -0.4 is 0 Å². The third kappa shape index (κ3) is 6.79. The van der Waals surface area contributed by atoms with Crippen molar-refractivity contribution < 1.29 is 0 Å². The van der Waals surface area contributed by atoms with E-state index in [1.165, 1.54) is 0 Å². The van der Waals surface area contributed by atoms with Crippen molar-refractivity contribution in [3.63, 3.8) is 0 Å². The predicted octanol–water partition coefficient (Wildman–Crippen LogP) is 18.3. The van der Waals surface area contributed by atoms with Crippen LogP contribution in [0.15, 0.2) is 279 Å². The van der Waals surface area contributed by atoms with E-state index in [1.54, 1.807) is 0 Å². The minimum Gasteiger partial charge on any atom is -0.306 e. The maximum Gasteiger partial charge on any atom is 0.166 e. The normalized spacial score (nSPS) is 11.9. The summed E-state index contributed by atoms with van der Waals surface area (Å²) < 4.78 is 9.82. The number of nitrogens with zero attached hydrogens (tertiary/aromatic N) is 8. The van der Waals surface area contributed by atoms with Crippen LogP contribution in [0.5, 0.6) is 0 Å². The van der Waals surface area contributed by atoms with E-state index in [9.17, 15) is 0 Å². The molecule has 17 aromatic rings. The number of rotatable bonds is 8. The molecule has 0 aliphatic heterocycles. The van der Waals surface area contributed by atoms with Crippen molar-refractivity contribution in [3.8, 4) is 68.3 Å². The van der Waals surface area contributed by atoms with E-state index in [2.05, 4.69) is 261 Å². The summed E-state index contributed by atoms with van der Waals surface area (Å²) in [6, 6.07) is 99.4. The van der Waals surface area contributed by atoms with Crippen molar-refractivity contribution in [2.75, 3.05) is 0 Å². The maximum atomic E-state index is 6.44. The SMILES string of the molecule is c1ccc(-c2nc(-c3ccccc3)nc(-c3ccccc3-c3c(-n4c5ccccc5c5ccccc54)nc(-n4c5ccccc5c5ccccc54)c(-n4c5ccccc5c5ccccc54)c3-n3c4ccccc4c4ccccc43)n2)cc1. The summed E-state index contributed by atoms with van der Waals surface area (Å²) in [5, 5.41) is 9.07. The first kappa shape index (κ1) is 45.8. The summed E-state index contributed by atoms with van der Waals surface area (Å²) in [7, 11) is 0. The molecule has 11 aromatic carbocycles. The van der Waals surface area contributed by atoms with Gasteiger partial charge in [-0.15, -0.1) is 0 Å². The Morgan fingerprint density at radius 2 is 0.463 bits per heavy atom. The number of hydrogen-bond donors (Lipinski definition) is 0. The molecular formula is C74H46N8. The minimum absolute atomic E-state index is 0.537. The summed E-state index contributed by atoms with van der Waals surface area (Å²) in [5.41, 5.74) is 14.6. The molecule has 0 aliphatic carbocycles. The molecule has 0 radical (unpaired) electrons. The average molecular weight is 1050 g/mol. The van der Waals surface area contributed by atoms with E-state index in [0.717, 1.165) is 138 Å². The summed E-state index contributed by atoms with van der Waals surface area (Å²) >= 11 is 0. The average Bonchev–Trinajstić information content (AvgIpc) is 2.08. The molecule has 0 fully saturated rings. The maximum absolute atomic E-state index is 6.44. The third-order valence-corrected chi connectivity index (χ3v) is 16.4. The molecule has 0 amide bonds. The molecule has 6 aromatic heterocycles. The Labute approximate surface area is 470 Å². The van der Waals surface area contributed by atoms with Crippen LogP contribution in [-0.4, -0.2) is 38.2 Å². The highest BCUT2D eigenvalue weighted by Crippen LogP contribution is 2.50. The van der Waals surface area contributed by atoms with Crippen molar-refractivity contribution in [1.29, 1.82) is 0 Å². The van der Waals surface area contributed by atoms with Crippen molar-refractivity contribution in [2.45, 2.75) is 0 Å². The predicted molar refractivity (Wildman–Crippen MR) is 337 cm³/mol. The Morgan fingerprint density at radius 3 is 0.829 bits per heavy atom. The summed E-state index contributed by atoms with van der Waals surface area (Å²) in [6.07, 6.45) is 0. The zero-order valence-corrected chi connectivity index (χ0v) is 44.1. The number of aromatic nitrogens is 8. The van der Waals surface area contributed by atoms with E-state index < -0.39 is 0 Å². The molecule has 17 rings (SSSR count). The first-order valence-corrected chi connectivity index (χ1v) is 27.7. The van der Waals surface area contributed by atoms with Crippen LogP contribution >= 0.6 is 0 Å². The Kier molecular flexibility index (Phi) is 10.1. The molecule has 6 heterocycles. The lowest BCUT2D eigenvalue weighted by molar-refractivity contribution is 0.965. The topological polar surface area (TPSA) is 71.3 Å². The van der Waals surface area contributed by atoms with Gasteiger partial charge < -0.3 is 9.13 Å². The molecule has 8 nitrogen and oxygen atoms in total.